The smallest absolute Gasteiger partial charge is 0.222 e. The lowest BCUT2D eigenvalue weighted by molar-refractivity contribution is 0.531. The first kappa shape index (κ1) is 15.4. The zero-order valence-corrected chi connectivity index (χ0v) is 14.5. The minimum Gasteiger partial charge on any atom is -0.222 e. The third-order valence-corrected chi connectivity index (χ3v) is 4.74. The van der Waals surface area contributed by atoms with E-state index in [9.17, 15) is 0 Å². The number of rotatable bonds is 2. The quantitative estimate of drug-likeness (QED) is 0.647. The SMILES string of the molecule is Cc1ccc(C2=Nc3ncnn3C(c3ccc(Cl)cc3Cl)C2)cc1. The highest BCUT2D eigenvalue weighted by molar-refractivity contribution is 6.35. The summed E-state index contributed by atoms with van der Waals surface area (Å²) in [4.78, 5) is 8.93. The maximum atomic E-state index is 6.43. The van der Waals surface area contributed by atoms with Gasteiger partial charge < -0.3 is 0 Å². The second kappa shape index (κ2) is 6.04. The molecular formula is C18H14Cl2N4. The highest BCUT2D eigenvalue weighted by Crippen LogP contribution is 2.36. The third kappa shape index (κ3) is 2.72. The van der Waals surface area contributed by atoms with E-state index >= 15 is 0 Å². The fourth-order valence-electron chi connectivity index (χ4n) is 2.92. The van der Waals surface area contributed by atoms with Crippen LogP contribution >= 0.6 is 23.2 Å². The van der Waals surface area contributed by atoms with Gasteiger partial charge in [0, 0.05) is 16.5 Å². The molecule has 0 aliphatic carbocycles. The highest BCUT2D eigenvalue weighted by Gasteiger charge is 2.27. The van der Waals surface area contributed by atoms with Gasteiger partial charge in [0.15, 0.2) is 0 Å². The molecule has 0 radical (unpaired) electrons. The molecule has 3 aromatic rings. The summed E-state index contributed by atoms with van der Waals surface area (Å²) in [6.07, 6.45) is 2.22. The molecule has 0 bridgehead atoms. The lowest BCUT2D eigenvalue weighted by atomic mass is 9.95. The van der Waals surface area contributed by atoms with Crippen LogP contribution in [0.1, 0.15) is 29.2 Å². The van der Waals surface area contributed by atoms with Crippen LogP contribution in [0.3, 0.4) is 0 Å². The van der Waals surface area contributed by atoms with Gasteiger partial charge in [0.2, 0.25) is 5.95 Å². The molecule has 0 saturated heterocycles. The fraction of sp³-hybridized carbons (Fsp3) is 0.167. The number of aliphatic imine (C=N–C) groups is 1. The van der Waals surface area contributed by atoms with Crippen LogP contribution in [0.5, 0.6) is 0 Å². The maximum absolute atomic E-state index is 6.43. The second-order valence-electron chi connectivity index (χ2n) is 5.81. The number of benzene rings is 2. The Hall–Kier alpha value is -2.17. The summed E-state index contributed by atoms with van der Waals surface area (Å²) in [5, 5.41) is 5.57. The van der Waals surface area contributed by atoms with Gasteiger partial charge in [-0.3, -0.25) is 0 Å². The van der Waals surface area contributed by atoms with Crippen LogP contribution in [0.2, 0.25) is 10.0 Å². The van der Waals surface area contributed by atoms with Gasteiger partial charge in [-0.05, 0) is 30.2 Å². The topological polar surface area (TPSA) is 43.1 Å². The van der Waals surface area contributed by atoms with Crippen molar-refractivity contribution in [2.24, 2.45) is 4.99 Å². The highest BCUT2D eigenvalue weighted by atomic mass is 35.5. The van der Waals surface area contributed by atoms with E-state index in [1.54, 1.807) is 6.07 Å². The first-order chi connectivity index (χ1) is 11.6. The van der Waals surface area contributed by atoms with Crippen LogP contribution in [-0.4, -0.2) is 20.5 Å². The van der Waals surface area contributed by atoms with Crippen molar-refractivity contribution < 1.29 is 0 Å². The maximum Gasteiger partial charge on any atom is 0.248 e. The van der Waals surface area contributed by atoms with Crippen LogP contribution in [0.4, 0.5) is 5.95 Å². The number of fused-ring (bicyclic) bond motifs is 1. The Morgan fingerprint density at radius 1 is 1.08 bits per heavy atom. The van der Waals surface area contributed by atoms with E-state index in [4.69, 9.17) is 23.2 Å². The Balaban J connectivity index is 1.80. The number of halogens is 2. The Morgan fingerprint density at radius 3 is 2.62 bits per heavy atom. The van der Waals surface area contributed by atoms with Gasteiger partial charge in [0.1, 0.15) is 6.33 Å². The average Bonchev–Trinajstić information content (AvgIpc) is 3.03. The molecule has 2 heterocycles. The number of aryl methyl sites for hydroxylation is 1. The van der Waals surface area contributed by atoms with E-state index in [2.05, 4.69) is 46.3 Å². The number of nitrogens with zero attached hydrogens (tertiary/aromatic N) is 4. The van der Waals surface area contributed by atoms with Gasteiger partial charge in [-0.1, -0.05) is 59.1 Å². The molecule has 1 atom stereocenters. The van der Waals surface area contributed by atoms with Gasteiger partial charge in [0.25, 0.3) is 0 Å². The van der Waals surface area contributed by atoms with Crippen molar-refractivity contribution in [1.29, 1.82) is 0 Å². The van der Waals surface area contributed by atoms with E-state index in [0.29, 0.717) is 22.4 Å². The van der Waals surface area contributed by atoms with E-state index in [1.165, 1.54) is 11.9 Å². The minimum atomic E-state index is -0.0546. The van der Waals surface area contributed by atoms with Crippen LogP contribution in [-0.2, 0) is 0 Å². The second-order valence-corrected chi connectivity index (χ2v) is 6.66. The molecule has 6 heteroatoms. The summed E-state index contributed by atoms with van der Waals surface area (Å²) in [7, 11) is 0. The number of hydrogen-bond acceptors (Lipinski definition) is 3. The molecule has 1 aromatic heterocycles. The molecule has 4 rings (SSSR count). The molecule has 4 nitrogen and oxygen atoms in total. The predicted molar refractivity (Wildman–Crippen MR) is 96.6 cm³/mol. The first-order valence-electron chi connectivity index (χ1n) is 7.61. The van der Waals surface area contributed by atoms with Gasteiger partial charge in [-0.2, -0.15) is 10.1 Å². The summed E-state index contributed by atoms with van der Waals surface area (Å²) in [5.74, 6) is 0.591. The van der Waals surface area contributed by atoms with Crippen LogP contribution in [0, 0.1) is 6.92 Å². The molecular weight excluding hydrogens is 343 g/mol. The number of aromatic nitrogens is 3. The van der Waals surface area contributed by atoms with Crippen molar-refractivity contribution in [3.63, 3.8) is 0 Å². The molecule has 0 spiro atoms. The van der Waals surface area contributed by atoms with E-state index in [0.717, 1.165) is 16.8 Å². The molecule has 1 aliphatic rings. The Bertz CT molecular complexity index is 928. The van der Waals surface area contributed by atoms with E-state index < -0.39 is 0 Å². The van der Waals surface area contributed by atoms with Crippen molar-refractivity contribution in [2.75, 3.05) is 0 Å². The zero-order valence-electron chi connectivity index (χ0n) is 12.9. The predicted octanol–water partition coefficient (Wildman–Crippen LogP) is 5.01. The molecule has 24 heavy (non-hydrogen) atoms. The monoisotopic (exact) mass is 356 g/mol. The standard InChI is InChI=1S/C18H14Cl2N4/c1-11-2-4-12(5-3-11)16-9-17(24-18(23-16)21-10-22-24)14-7-6-13(19)8-15(14)20/h2-8,10,17H,9H2,1H3. The molecule has 1 aliphatic heterocycles. The molecule has 0 N–H and O–H groups in total. The van der Waals surface area contributed by atoms with Crippen molar-refractivity contribution in [2.45, 2.75) is 19.4 Å². The van der Waals surface area contributed by atoms with Gasteiger partial charge >= 0.3 is 0 Å². The summed E-state index contributed by atoms with van der Waals surface area (Å²) in [6, 6.07) is 13.8. The molecule has 1 unspecified atom stereocenters. The van der Waals surface area contributed by atoms with Gasteiger partial charge in [-0.25, -0.2) is 9.67 Å². The van der Waals surface area contributed by atoms with Crippen LogP contribution < -0.4 is 0 Å². The van der Waals surface area contributed by atoms with Crippen molar-refractivity contribution in [3.8, 4) is 0 Å². The lowest BCUT2D eigenvalue weighted by Crippen LogP contribution is -2.21. The zero-order chi connectivity index (χ0) is 16.7. The van der Waals surface area contributed by atoms with Gasteiger partial charge in [0.05, 0.1) is 11.8 Å². The Labute approximate surface area is 149 Å². The first-order valence-corrected chi connectivity index (χ1v) is 8.36. The number of hydrogen-bond donors (Lipinski definition) is 0. The molecule has 0 saturated carbocycles. The summed E-state index contributed by atoms with van der Waals surface area (Å²) in [5.41, 5.74) is 4.25. The molecule has 120 valence electrons. The minimum absolute atomic E-state index is 0.0546. The summed E-state index contributed by atoms with van der Waals surface area (Å²) < 4.78 is 1.81. The van der Waals surface area contributed by atoms with Crippen molar-refractivity contribution >= 4 is 34.9 Å². The van der Waals surface area contributed by atoms with Crippen molar-refractivity contribution in [3.05, 3.63) is 75.5 Å². The van der Waals surface area contributed by atoms with Crippen LogP contribution in [0.25, 0.3) is 0 Å². The Morgan fingerprint density at radius 2 is 1.88 bits per heavy atom. The van der Waals surface area contributed by atoms with Crippen LogP contribution in [0.15, 0.2) is 53.8 Å². The average molecular weight is 357 g/mol. The Kier molecular flexibility index (Phi) is 3.87. The normalized spacial score (nSPS) is 16.6. The largest absolute Gasteiger partial charge is 0.248 e. The lowest BCUT2D eigenvalue weighted by Gasteiger charge is -2.24. The van der Waals surface area contributed by atoms with E-state index in [1.807, 2.05) is 16.8 Å². The molecule has 2 aromatic carbocycles. The van der Waals surface area contributed by atoms with Gasteiger partial charge in [-0.15, -0.1) is 0 Å². The molecule has 0 fully saturated rings. The summed E-state index contributed by atoms with van der Waals surface area (Å²) in [6.45, 7) is 2.07. The van der Waals surface area contributed by atoms with Crippen molar-refractivity contribution in [1.82, 2.24) is 14.8 Å². The summed E-state index contributed by atoms with van der Waals surface area (Å²) >= 11 is 12.5. The molecule has 0 amide bonds. The van der Waals surface area contributed by atoms with E-state index in [-0.39, 0.29) is 6.04 Å². The third-order valence-electron chi connectivity index (χ3n) is 4.18. The fourth-order valence-corrected chi connectivity index (χ4v) is 3.46.